The van der Waals surface area contributed by atoms with Crippen LogP contribution in [-0.2, 0) is 11.5 Å². The van der Waals surface area contributed by atoms with E-state index in [1.165, 1.54) is 16.7 Å². The lowest BCUT2D eigenvalue weighted by Crippen LogP contribution is -2.05. The van der Waals surface area contributed by atoms with Crippen LogP contribution in [0.3, 0.4) is 0 Å². The molecule has 1 heterocycles. The summed E-state index contributed by atoms with van der Waals surface area (Å²) >= 11 is 1.84. The van der Waals surface area contributed by atoms with Gasteiger partial charge in [-0.05, 0) is 63.8 Å². The van der Waals surface area contributed by atoms with Gasteiger partial charge in [-0.2, -0.15) is 11.8 Å². The van der Waals surface area contributed by atoms with Gasteiger partial charge in [0, 0.05) is 22.6 Å². The Bertz CT molecular complexity index is 697. The topological polar surface area (TPSA) is 43.1 Å². The van der Waals surface area contributed by atoms with Crippen molar-refractivity contribution in [2.45, 2.75) is 53.0 Å². The number of thioether (sulfide) groups is 1. The Labute approximate surface area is 136 Å². The second kappa shape index (κ2) is 6.69. The fourth-order valence-electron chi connectivity index (χ4n) is 2.95. The Balaban J connectivity index is 2.20. The number of Topliss-reactive ketones (excluding diaryl/α,β-unsaturated/α-hetero) is 1. The van der Waals surface area contributed by atoms with Gasteiger partial charge in [0.25, 0.3) is 0 Å². The summed E-state index contributed by atoms with van der Waals surface area (Å²) < 4.78 is 5.20. The van der Waals surface area contributed by atoms with Crippen LogP contribution in [0.2, 0.25) is 0 Å². The van der Waals surface area contributed by atoms with Crippen LogP contribution in [-0.4, -0.2) is 10.9 Å². The van der Waals surface area contributed by atoms with E-state index < -0.39 is 0 Å². The molecule has 0 amide bonds. The monoisotopic (exact) mass is 317 g/mol. The maximum absolute atomic E-state index is 11.9. The molecule has 22 heavy (non-hydrogen) atoms. The summed E-state index contributed by atoms with van der Waals surface area (Å²) in [6.45, 7) is 11.8. The highest BCUT2D eigenvalue weighted by Gasteiger charge is 2.15. The SMILES string of the molecule is CC(=O)c1c(C)cc(C)c(CSCc2c(C)noc2C)c1C. The van der Waals surface area contributed by atoms with E-state index in [0.717, 1.165) is 39.7 Å². The molecule has 2 rings (SSSR count). The summed E-state index contributed by atoms with van der Waals surface area (Å²) in [5.74, 6) is 2.81. The molecule has 3 nitrogen and oxygen atoms in total. The molecular weight excluding hydrogens is 294 g/mol. The molecule has 0 unspecified atom stereocenters. The zero-order valence-corrected chi connectivity index (χ0v) is 15.0. The van der Waals surface area contributed by atoms with E-state index >= 15 is 0 Å². The third kappa shape index (κ3) is 3.27. The quantitative estimate of drug-likeness (QED) is 0.739. The van der Waals surface area contributed by atoms with Crippen LogP contribution in [0.5, 0.6) is 0 Å². The molecule has 0 radical (unpaired) electrons. The number of hydrogen-bond acceptors (Lipinski definition) is 4. The molecule has 0 fully saturated rings. The molecule has 0 aliphatic heterocycles. The molecule has 1 aromatic heterocycles. The van der Waals surface area contributed by atoms with E-state index in [1.54, 1.807) is 6.92 Å². The van der Waals surface area contributed by atoms with E-state index in [2.05, 4.69) is 25.1 Å². The summed E-state index contributed by atoms with van der Waals surface area (Å²) in [6, 6.07) is 2.12. The van der Waals surface area contributed by atoms with Gasteiger partial charge in [-0.25, -0.2) is 0 Å². The summed E-state index contributed by atoms with van der Waals surface area (Å²) in [7, 11) is 0. The third-order valence-electron chi connectivity index (χ3n) is 4.16. The minimum atomic E-state index is 0.145. The van der Waals surface area contributed by atoms with Gasteiger partial charge in [0.15, 0.2) is 5.78 Å². The standard InChI is InChI=1S/C18H23NO2S/c1-10-7-11(2)18(14(5)20)12(3)16(10)8-22-9-17-13(4)19-21-15(17)6/h7H,8-9H2,1-6H3. The lowest BCUT2D eigenvalue weighted by atomic mass is 9.92. The first-order valence-electron chi connectivity index (χ1n) is 7.43. The zero-order chi connectivity index (χ0) is 16.4. The van der Waals surface area contributed by atoms with Gasteiger partial charge in [-0.15, -0.1) is 0 Å². The highest BCUT2D eigenvalue weighted by Crippen LogP contribution is 2.29. The second-order valence-corrected chi connectivity index (χ2v) is 6.83. The molecule has 0 saturated carbocycles. The van der Waals surface area contributed by atoms with Crippen LogP contribution in [0.4, 0.5) is 0 Å². The van der Waals surface area contributed by atoms with E-state index in [1.807, 2.05) is 32.5 Å². The van der Waals surface area contributed by atoms with Crippen LogP contribution in [0.15, 0.2) is 10.6 Å². The van der Waals surface area contributed by atoms with Gasteiger partial charge in [-0.1, -0.05) is 11.2 Å². The molecule has 0 aliphatic rings. The van der Waals surface area contributed by atoms with Crippen molar-refractivity contribution in [3.8, 4) is 0 Å². The van der Waals surface area contributed by atoms with Crippen LogP contribution in [0.1, 0.15) is 56.6 Å². The minimum absolute atomic E-state index is 0.145. The lowest BCUT2D eigenvalue weighted by Gasteiger charge is -2.15. The van der Waals surface area contributed by atoms with E-state index in [9.17, 15) is 4.79 Å². The van der Waals surface area contributed by atoms with Gasteiger partial charge in [-0.3, -0.25) is 4.79 Å². The van der Waals surface area contributed by atoms with Crippen molar-refractivity contribution in [1.29, 1.82) is 0 Å². The normalized spacial score (nSPS) is 11.0. The molecule has 0 bridgehead atoms. The number of nitrogens with zero attached hydrogens (tertiary/aromatic N) is 1. The van der Waals surface area contributed by atoms with E-state index in [4.69, 9.17) is 4.52 Å². The molecule has 0 aliphatic carbocycles. The molecule has 0 saturated heterocycles. The molecule has 0 N–H and O–H groups in total. The maximum Gasteiger partial charge on any atom is 0.160 e. The van der Waals surface area contributed by atoms with Crippen molar-refractivity contribution in [3.05, 3.63) is 50.9 Å². The molecule has 1 aromatic carbocycles. The van der Waals surface area contributed by atoms with Crippen LogP contribution in [0, 0.1) is 34.6 Å². The molecular formula is C18H23NO2S. The zero-order valence-electron chi connectivity index (χ0n) is 14.2. The van der Waals surface area contributed by atoms with Crippen molar-refractivity contribution in [2.24, 2.45) is 0 Å². The number of carbonyl (C=O) groups is 1. The van der Waals surface area contributed by atoms with Gasteiger partial charge in [0.1, 0.15) is 5.76 Å². The van der Waals surface area contributed by atoms with Crippen LogP contribution < -0.4 is 0 Å². The number of ketones is 1. The first-order valence-corrected chi connectivity index (χ1v) is 8.58. The number of carbonyl (C=O) groups excluding carboxylic acids is 1. The highest BCUT2D eigenvalue weighted by atomic mass is 32.2. The first kappa shape index (κ1) is 16.8. The van der Waals surface area contributed by atoms with Gasteiger partial charge in [0.05, 0.1) is 5.69 Å². The molecule has 0 atom stereocenters. The summed E-state index contributed by atoms with van der Waals surface area (Å²) in [4.78, 5) is 11.9. The lowest BCUT2D eigenvalue weighted by molar-refractivity contribution is 0.101. The Morgan fingerprint density at radius 3 is 2.27 bits per heavy atom. The van der Waals surface area contributed by atoms with Crippen molar-refractivity contribution >= 4 is 17.5 Å². The fourth-order valence-corrected chi connectivity index (χ4v) is 4.32. The second-order valence-electron chi connectivity index (χ2n) is 5.84. The van der Waals surface area contributed by atoms with Gasteiger partial charge in [0.2, 0.25) is 0 Å². The van der Waals surface area contributed by atoms with E-state index in [-0.39, 0.29) is 5.78 Å². The van der Waals surface area contributed by atoms with Crippen LogP contribution in [0.25, 0.3) is 0 Å². The molecule has 0 spiro atoms. The Kier molecular flexibility index (Phi) is 5.12. The van der Waals surface area contributed by atoms with Crippen molar-refractivity contribution in [3.63, 3.8) is 0 Å². The molecule has 118 valence electrons. The molecule has 2 aromatic rings. The Morgan fingerprint density at radius 2 is 1.73 bits per heavy atom. The highest BCUT2D eigenvalue weighted by molar-refractivity contribution is 7.97. The van der Waals surface area contributed by atoms with Gasteiger partial charge < -0.3 is 4.52 Å². The smallest absolute Gasteiger partial charge is 0.160 e. The van der Waals surface area contributed by atoms with Crippen molar-refractivity contribution < 1.29 is 9.32 Å². The number of aryl methyl sites for hydroxylation is 4. The summed E-state index contributed by atoms with van der Waals surface area (Å²) in [6.07, 6.45) is 0. The number of aromatic nitrogens is 1. The van der Waals surface area contributed by atoms with Crippen molar-refractivity contribution in [2.75, 3.05) is 0 Å². The maximum atomic E-state index is 11.9. The Hall–Kier alpha value is -1.55. The first-order chi connectivity index (χ1) is 10.3. The summed E-state index contributed by atoms with van der Waals surface area (Å²) in [5.41, 5.74) is 7.74. The summed E-state index contributed by atoms with van der Waals surface area (Å²) in [5, 5.41) is 3.99. The fraction of sp³-hybridized carbons (Fsp3) is 0.444. The third-order valence-corrected chi connectivity index (χ3v) is 5.14. The van der Waals surface area contributed by atoms with E-state index in [0.29, 0.717) is 0 Å². The van der Waals surface area contributed by atoms with Crippen LogP contribution >= 0.6 is 11.8 Å². The number of benzene rings is 1. The average molecular weight is 317 g/mol. The van der Waals surface area contributed by atoms with Crippen molar-refractivity contribution in [1.82, 2.24) is 5.16 Å². The average Bonchev–Trinajstić information content (AvgIpc) is 2.72. The predicted octanol–water partition coefficient (Wildman–Crippen LogP) is 4.85. The van der Waals surface area contributed by atoms with Gasteiger partial charge >= 0.3 is 0 Å². The largest absolute Gasteiger partial charge is 0.361 e. The molecule has 4 heteroatoms. The minimum Gasteiger partial charge on any atom is -0.361 e. The predicted molar refractivity (Wildman–Crippen MR) is 91.6 cm³/mol. The Morgan fingerprint density at radius 1 is 1.09 bits per heavy atom. The number of hydrogen-bond donors (Lipinski definition) is 0. The number of rotatable bonds is 5.